The molecule has 0 fully saturated rings. The van der Waals surface area contributed by atoms with E-state index in [0.29, 0.717) is 17.4 Å². The average molecular weight is 486 g/mol. The van der Waals surface area contributed by atoms with Gasteiger partial charge in [-0.2, -0.15) is 0 Å². The highest BCUT2D eigenvalue weighted by Gasteiger charge is 2.26. The number of thioether (sulfide) groups is 1. The van der Waals surface area contributed by atoms with Crippen LogP contribution in [0.2, 0.25) is 0 Å². The van der Waals surface area contributed by atoms with Crippen molar-refractivity contribution in [2.75, 3.05) is 5.32 Å². The summed E-state index contributed by atoms with van der Waals surface area (Å²) in [6.07, 6.45) is 2.33. The molecule has 0 saturated heterocycles. The predicted molar refractivity (Wildman–Crippen MR) is 140 cm³/mol. The third kappa shape index (κ3) is 4.37. The Morgan fingerprint density at radius 2 is 1.86 bits per heavy atom. The number of amides is 1. The van der Waals surface area contributed by atoms with E-state index < -0.39 is 0 Å². The number of nitrogens with one attached hydrogen (secondary N) is 1. The van der Waals surface area contributed by atoms with Crippen LogP contribution in [0, 0.1) is 13.8 Å². The zero-order valence-electron chi connectivity index (χ0n) is 20.1. The van der Waals surface area contributed by atoms with Gasteiger partial charge in [-0.25, -0.2) is 0 Å². The summed E-state index contributed by atoms with van der Waals surface area (Å²) in [5, 5.41) is 12.5. The summed E-state index contributed by atoms with van der Waals surface area (Å²) < 4.78 is 9.70. The predicted octanol–water partition coefficient (Wildman–Crippen LogP) is 6.15. The van der Waals surface area contributed by atoms with E-state index in [-0.39, 0.29) is 11.2 Å². The van der Waals surface area contributed by atoms with Gasteiger partial charge in [-0.05, 0) is 44.0 Å². The molecule has 35 heavy (non-hydrogen) atoms. The smallest absolute Gasteiger partial charge is 0.237 e. The van der Waals surface area contributed by atoms with Gasteiger partial charge in [0, 0.05) is 24.9 Å². The Morgan fingerprint density at radius 3 is 2.57 bits per heavy atom. The standard InChI is InChI=1S/C27H27N5O2S/c1-5-24(26(33)28-19-12-10-17(2)11-13-19)35-27-30-29-25(32(27)20-9-7-6-8-18(20)3)22-16-23-21(31(22)4)14-15-34-23/h6-16,24H,5H2,1-4H3,(H,28,33)/t24-/m1/s1. The summed E-state index contributed by atoms with van der Waals surface area (Å²) in [5.74, 6) is 0.642. The average Bonchev–Trinajstić information content (AvgIpc) is 3.55. The van der Waals surface area contributed by atoms with Gasteiger partial charge in [-0.15, -0.1) is 10.2 Å². The van der Waals surface area contributed by atoms with Gasteiger partial charge in [-0.1, -0.05) is 54.6 Å². The van der Waals surface area contributed by atoms with Crippen LogP contribution in [0.25, 0.3) is 28.3 Å². The number of nitrogens with zero attached hydrogens (tertiary/aromatic N) is 4. The first kappa shape index (κ1) is 23.0. The molecule has 0 radical (unpaired) electrons. The maximum atomic E-state index is 13.2. The Labute approximate surface area is 208 Å². The maximum absolute atomic E-state index is 13.2. The van der Waals surface area contributed by atoms with Crippen molar-refractivity contribution < 1.29 is 9.21 Å². The number of rotatable bonds is 7. The summed E-state index contributed by atoms with van der Waals surface area (Å²) in [7, 11) is 1.99. The molecule has 0 aliphatic heterocycles. The summed E-state index contributed by atoms with van der Waals surface area (Å²) in [6.45, 7) is 6.09. The molecule has 0 saturated carbocycles. The van der Waals surface area contributed by atoms with Gasteiger partial charge in [0.25, 0.3) is 0 Å². The van der Waals surface area contributed by atoms with Gasteiger partial charge in [0.2, 0.25) is 5.91 Å². The van der Waals surface area contributed by atoms with E-state index in [1.165, 1.54) is 11.8 Å². The Hall–Kier alpha value is -3.78. The van der Waals surface area contributed by atoms with Crippen LogP contribution >= 0.6 is 11.8 Å². The summed E-state index contributed by atoms with van der Waals surface area (Å²) in [4.78, 5) is 13.2. The number of furan rings is 1. The molecule has 7 nitrogen and oxygen atoms in total. The van der Waals surface area contributed by atoms with Gasteiger partial charge in [0.1, 0.15) is 0 Å². The molecule has 5 rings (SSSR count). The second-order valence-electron chi connectivity index (χ2n) is 8.56. The van der Waals surface area contributed by atoms with E-state index in [1.807, 2.05) is 84.6 Å². The van der Waals surface area contributed by atoms with Crippen LogP contribution in [0.5, 0.6) is 0 Å². The lowest BCUT2D eigenvalue weighted by molar-refractivity contribution is -0.115. The molecule has 1 atom stereocenters. The van der Waals surface area contributed by atoms with Crippen LogP contribution in [-0.4, -0.2) is 30.5 Å². The van der Waals surface area contributed by atoms with Crippen molar-refractivity contribution in [3.05, 3.63) is 78.1 Å². The third-order valence-electron chi connectivity index (χ3n) is 6.11. The van der Waals surface area contributed by atoms with Crippen LogP contribution in [0.4, 0.5) is 5.69 Å². The van der Waals surface area contributed by atoms with Crippen LogP contribution in [0.3, 0.4) is 0 Å². The van der Waals surface area contributed by atoms with Crippen molar-refractivity contribution in [2.24, 2.45) is 7.05 Å². The van der Waals surface area contributed by atoms with Crippen molar-refractivity contribution in [1.29, 1.82) is 0 Å². The van der Waals surface area contributed by atoms with Gasteiger partial charge >= 0.3 is 0 Å². The molecule has 1 N–H and O–H groups in total. The van der Waals surface area contributed by atoms with Gasteiger partial charge in [0.05, 0.1) is 28.4 Å². The second kappa shape index (κ2) is 9.46. The minimum Gasteiger partial charge on any atom is -0.463 e. The molecule has 1 amide bonds. The lowest BCUT2D eigenvalue weighted by Gasteiger charge is -2.17. The number of para-hydroxylation sites is 1. The fraction of sp³-hybridized carbons (Fsp3) is 0.222. The molecule has 0 aliphatic rings. The normalized spacial score (nSPS) is 12.2. The van der Waals surface area contributed by atoms with Crippen molar-refractivity contribution in [3.8, 4) is 17.2 Å². The summed E-state index contributed by atoms with van der Waals surface area (Å²) in [6, 6.07) is 19.8. The lowest BCUT2D eigenvalue weighted by Crippen LogP contribution is -2.25. The van der Waals surface area contributed by atoms with Crippen molar-refractivity contribution >= 4 is 34.5 Å². The number of anilines is 1. The molecule has 0 spiro atoms. The number of aryl methyl sites for hydroxylation is 3. The highest BCUT2D eigenvalue weighted by molar-refractivity contribution is 8.00. The summed E-state index contributed by atoms with van der Waals surface area (Å²) in [5.41, 5.74) is 6.66. The zero-order valence-corrected chi connectivity index (χ0v) is 21.0. The van der Waals surface area contributed by atoms with E-state index >= 15 is 0 Å². The van der Waals surface area contributed by atoms with Crippen LogP contribution in [-0.2, 0) is 11.8 Å². The molecule has 0 aliphatic carbocycles. The zero-order chi connectivity index (χ0) is 24.5. The molecule has 178 valence electrons. The Balaban J connectivity index is 1.54. The van der Waals surface area contributed by atoms with Gasteiger partial charge in [0.15, 0.2) is 16.6 Å². The number of hydrogen-bond donors (Lipinski definition) is 1. The SMILES string of the molecule is CC[C@@H](Sc1nnc(-c2cc3occc3n2C)n1-c1ccccc1C)C(=O)Nc1ccc(C)cc1. The first-order valence-corrected chi connectivity index (χ1v) is 12.4. The molecule has 5 aromatic rings. The van der Waals surface area contributed by atoms with Crippen molar-refractivity contribution in [3.63, 3.8) is 0 Å². The fourth-order valence-electron chi connectivity index (χ4n) is 4.12. The monoisotopic (exact) mass is 485 g/mol. The maximum Gasteiger partial charge on any atom is 0.237 e. The fourth-order valence-corrected chi connectivity index (χ4v) is 5.08. The number of aromatic nitrogens is 4. The first-order chi connectivity index (χ1) is 17.0. The number of fused-ring (bicyclic) bond motifs is 1. The van der Waals surface area contributed by atoms with Crippen LogP contribution in [0.15, 0.2) is 76.5 Å². The van der Waals surface area contributed by atoms with Crippen LogP contribution in [0.1, 0.15) is 24.5 Å². The molecule has 3 heterocycles. The first-order valence-electron chi connectivity index (χ1n) is 11.5. The molecule has 3 aromatic heterocycles. The molecular formula is C27H27N5O2S. The second-order valence-corrected chi connectivity index (χ2v) is 9.73. The quantitative estimate of drug-likeness (QED) is 0.280. The molecular weight excluding hydrogens is 458 g/mol. The van der Waals surface area contributed by atoms with Gasteiger partial charge in [-0.3, -0.25) is 9.36 Å². The topological polar surface area (TPSA) is 77.9 Å². The lowest BCUT2D eigenvalue weighted by atomic mass is 10.2. The molecule has 0 bridgehead atoms. The molecule has 2 aromatic carbocycles. The Morgan fingerprint density at radius 1 is 1.09 bits per heavy atom. The largest absolute Gasteiger partial charge is 0.463 e. The van der Waals surface area contributed by atoms with Gasteiger partial charge < -0.3 is 14.3 Å². The minimum absolute atomic E-state index is 0.0568. The minimum atomic E-state index is -0.333. The van der Waals surface area contributed by atoms with E-state index in [4.69, 9.17) is 4.42 Å². The van der Waals surface area contributed by atoms with E-state index in [9.17, 15) is 4.79 Å². The van der Waals surface area contributed by atoms with Crippen molar-refractivity contribution in [1.82, 2.24) is 19.3 Å². The van der Waals surface area contributed by atoms with Crippen molar-refractivity contribution in [2.45, 2.75) is 37.6 Å². The van der Waals surface area contributed by atoms with E-state index in [2.05, 4.69) is 28.5 Å². The highest BCUT2D eigenvalue weighted by Crippen LogP contribution is 2.34. The number of hydrogen-bond acceptors (Lipinski definition) is 5. The van der Waals surface area contributed by atoms with E-state index in [1.54, 1.807) is 6.26 Å². The summed E-state index contributed by atoms with van der Waals surface area (Å²) >= 11 is 1.42. The number of benzene rings is 2. The number of carbonyl (C=O) groups excluding carboxylic acids is 1. The van der Waals surface area contributed by atoms with E-state index in [0.717, 1.165) is 39.3 Å². The number of carbonyl (C=O) groups is 1. The molecule has 0 unspecified atom stereocenters. The molecule has 8 heteroatoms. The Bertz CT molecular complexity index is 1500. The highest BCUT2D eigenvalue weighted by atomic mass is 32.2. The Kier molecular flexibility index (Phi) is 6.21. The van der Waals surface area contributed by atoms with Crippen LogP contribution < -0.4 is 5.32 Å². The third-order valence-corrected chi connectivity index (χ3v) is 7.42.